The molecule has 0 fully saturated rings. The number of fused-ring (bicyclic) bond motifs is 1. The van der Waals surface area contributed by atoms with Crippen LogP contribution in [-0.2, 0) is 7.05 Å². The molecule has 96 valence electrons. The first kappa shape index (κ1) is 15.6. The van der Waals surface area contributed by atoms with Gasteiger partial charge in [-0.25, -0.2) is 4.98 Å². The molecule has 2 rings (SSSR count). The molecule has 2 heterocycles. The molecule has 0 saturated heterocycles. The Balaban J connectivity index is 0.000000581. The van der Waals surface area contributed by atoms with Gasteiger partial charge in [0.1, 0.15) is 0 Å². The molecular weight excluding hydrogens is 210 g/mol. The summed E-state index contributed by atoms with van der Waals surface area (Å²) in [4.78, 5) is 4.28. The van der Waals surface area contributed by atoms with E-state index in [1.54, 1.807) is 6.20 Å². The van der Waals surface area contributed by atoms with Crippen LogP contribution < -0.4 is 0 Å². The lowest BCUT2D eigenvalue weighted by Gasteiger charge is -1.98. The first-order valence-electron chi connectivity index (χ1n) is 6.47. The Morgan fingerprint density at radius 3 is 2.24 bits per heavy atom. The van der Waals surface area contributed by atoms with Crippen LogP contribution in [0.2, 0.25) is 0 Å². The van der Waals surface area contributed by atoms with Crippen LogP contribution in [0.25, 0.3) is 11.0 Å². The van der Waals surface area contributed by atoms with Crippen LogP contribution in [0.4, 0.5) is 0 Å². The summed E-state index contributed by atoms with van der Waals surface area (Å²) >= 11 is 0. The van der Waals surface area contributed by atoms with Gasteiger partial charge >= 0.3 is 0 Å². The molecule has 0 amide bonds. The minimum Gasteiger partial charge on any atom is -0.250 e. The second kappa shape index (κ2) is 7.82. The Kier molecular flexibility index (Phi) is 7.19. The molecule has 2 aromatic heterocycles. The first-order valence-corrected chi connectivity index (χ1v) is 6.47. The summed E-state index contributed by atoms with van der Waals surface area (Å²) in [7, 11) is 1.93. The van der Waals surface area contributed by atoms with Crippen LogP contribution in [0.3, 0.4) is 0 Å². The van der Waals surface area contributed by atoms with Gasteiger partial charge in [-0.1, -0.05) is 41.5 Å². The van der Waals surface area contributed by atoms with E-state index >= 15 is 0 Å². The van der Waals surface area contributed by atoms with Crippen molar-refractivity contribution in [2.45, 2.75) is 47.5 Å². The van der Waals surface area contributed by atoms with Crippen LogP contribution in [-0.4, -0.2) is 14.8 Å². The van der Waals surface area contributed by atoms with E-state index in [1.165, 1.54) is 5.39 Å². The van der Waals surface area contributed by atoms with Gasteiger partial charge in [-0.05, 0) is 18.1 Å². The molecule has 3 heteroatoms. The molecule has 0 bridgehead atoms. The number of hydrogen-bond acceptors (Lipinski definition) is 2. The molecule has 0 aromatic carbocycles. The predicted octanol–water partition coefficient (Wildman–Crippen LogP) is 4.14. The van der Waals surface area contributed by atoms with Gasteiger partial charge in [0.15, 0.2) is 5.65 Å². The summed E-state index contributed by atoms with van der Waals surface area (Å²) in [6, 6.07) is 4.03. The van der Waals surface area contributed by atoms with Gasteiger partial charge in [0, 0.05) is 18.6 Å². The zero-order chi connectivity index (χ0) is 13.4. The molecule has 0 spiro atoms. The van der Waals surface area contributed by atoms with Crippen molar-refractivity contribution >= 4 is 11.0 Å². The highest BCUT2D eigenvalue weighted by atomic mass is 15.3. The smallest absolute Gasteiger partial charge is 0.157 e. The maximum Gasteiger partial charge on any atom is 0.157 e. The topological polar surface area (TPSA) is 30.7 Å². The Labute approximate surface area is 105 Å². The van der Waals surface area contributed by atoms with Gasteiger partial charge in [0.2, 0.25) is 0 Å². The summed E-state index contributed by atoms with van der Waals surface area (Å²) < 4.78 is 1.84. The molecule has 0 aliphatic carbocycles. The van der Waals surface area contributed by atoms with Crippen LogP contribution in [0.5, 0.6) is 0 Å². The number of nitrogens with zero attached hydrogens (tertiary/aromatic N) is 3. The van der Waals surface area contributed by atoms with E-state index in [1.807, 2.05) is 45.5 Å². The predicted molar refractivity (Wildman–Crippen MR) is 75.3 cm³/mol. The number of aryl methyl sites for hydroxylation is 1. The van der Waals surface area contributed by atoms with Crippen LogP contribution in [0, 0.1) is 0 Å². The van der Waals surface area contributed by atoms with E-state index in [0.29, 0.717) is 5.92 Å². The number of hydrogen-bond donors (Lipinski definition) is 0. The highest BCUT2D eigenvalue weighted by Gasteiger charge is 2.11. The summed E-state index contributed by atoms with van der Waals surface area (Å²) in [5.41, 5.74) is 2.09. The molecule has 0 N–H and O–H groups in total. The van der Waals surface area contributed by atoms with Gasteiger partial charge in [0.25, 0.3) is 0 Å². The van der Waals surface area contributed by atoms with Gasteiger partial charge in [-0.15, -0.1) is 0 Å². The SMILES string of the molecule is CC.CC.CC(C)c1nn(C)c2ncccc12. The number of rotatable bonds is 1. The maximum absolute atomic E-state index is 4.44. The fourth-order valence-electron chi connectivity index (χ4n) is 1.54. The summed E-state index contributed by atoms with van der Waals surface area (Å²) in [6.07, 6.45) is 1.80. The van der Waals surface area contributed by atoms with Crippen molar-refractivity contribution in [2.24, 2.45) is 7.05 Å². The van der Waals surface area contributed by atoms with Gasteiger partial charge in [0.05, 0.1) is 5.69 Å². The van der Waals surface area contributed by atoms with Crippen molar-refractivity contribution in [3.63, 3.8) is 0 Å². The Morgan fingerprint density at radius 2 is 1.71 bits per heavy atom. The zero-order valence-corrected chi connectivity index (χ0v) is 12.2. The molecule has 0 aliphatic rings. The molecule has 0 saturated carbocycles. The standard InChI is InChI=1S/C10H13N3.2C2H6/c1-7(2)9-8-5-4-6-11-10(8)13(3)12-9;2*1-2/h4-7H,1-3H3;2*1-2H3. The molecular formula is C14H25N3. The second-order valence-corrected chi connectivity index (χ2v) is 3.54. The van der Waals surface area contributed by atoms with Crippen LogP contribution in [0.1, 0.15) is 53.2 Å². The largest absolute Gasteiger partial charge is 0.250 e. The lowest BCUT2D eigenvalue weighted by Crippen LogP contribution is -1.93. The first-order chi connectivity index (χ1) is 8.20. The van der Waals surface area contributed by atoms with Crippen LogP contribution in [0.15, 0.2) is 18.3 Å². The van der Waals surface area contributed by atoms with Crippen LogP contribution >= 0.6 is 0 Å². The van der Waals surface area contributed by atoms with E-state index in [4.69, 9.17) is 0 Å². The van der Waals surface area contributed by atoms with E-state index in [-0.39, 0.29) is 0 Å². The zero-order valence-electron chi connectivity index (χ0n) is 12.2. The Morgan fingerprint density at radius 1 is 1.12 bits per heavy atom. The van der Waals surface area contributed by atoms with Crippen molar-refractivity contribution < 1.29 is 0 Å². The number of aromatic nitrogens is 3. The third-order valence-corrected chi connectivity index (χ3v) is 2.17. The monoisotopic (exact) mass is 235 g/mol. The molecule has 0 atom stereocenters. The third kappa shape index (κ3) is 3.55. The molecule has 2 aromatic rings. The lowest BCUT2D eigenvalue weighted by molar-refractivity contribution is 0.724. The molecule has 0 aliphatic heterocycles. The minimum absolute atomic E-state index is 0.452. The fraction of sp³-hybridized carbons (Fsp3) is 0.571. The van der Waals surface area contributed by atoms with Crippen molar-refractivity contribution in [1.82, 2.24) is 14.8 Å². The third-order valence-electron chi connectivity index (χ3n) is 2.17. The highest BCUT2D eigenvalue weighted by Crippen LogP contribution is 2.21. The van der Waals surface area contributed by atoms with E-state index in [2.05, 4.69) is 30.0 Å². The summed E-state index contributed by atoms with van der Waals surface area (Å²) in [5, 5.41) is 5.61. The maximum atomic E-state index is 4.44. The van der Waals surface area contributed by atoms with E-state index in [9.17, 15) is 0 Å². The normalized spacial score (nSPS) is 9.41. The second-order valence-electron chi connectivity index (χ2n) is 3.54. The van der Waals surface area contributed by atoms with Crippen molar-refractivity contribution in [1.29, 1.82) is 0 Å². The highest BCUT2D eigenvalue weighted by molar-refractivity contribution is 5.78. The van der Waals surface area contributed by atoms with Crippen molar-refractivity contribution in [3.8, 4) is 0 Å². The lowest BCUT2D eigenvalue weighted by atomic mass is 10.1. The molecule has 0 radical (unpaired) electrons. The fourth-order valence-corrected chi connectivity index (χ4v) is 1.54. The van der Waals surface area contributed by atoms with E-state index < -0.39 is 0 Å². The average Bonchev–Trinajstić information content (AvgIpc) is 2.73. The number of pyridine rings is 1. The molecule has 3 nitrogen and oxygen atoms in total. The Bertz CT molecular complexity index is 430. The molecule has 0 unspecified atom stereocenters. The minimum atomic E-state index is 0.452. The van der Waals surface area contributed by atoms with Gasteiger partial charge < -0.3 is 0 Å². The summed E-state index contributed by atoms with van der Waals surface area (Å²) in [5.74, 6) is 0.452. The van der Waals surface area contributed by atoms with E-state index in [0.717, 1.165) is 11.3 Å². The van der Waals surface area contributed by atoms with Gasteiger partial charge in [-0.2, -0.15) is 5.10 Å². The average molecular weight is 235 g/mol. The Hall–Kier alpha value is -1.38. The molecule has 17 heavy (non-hydrogen) atoms. The summed E-state index contributed by atoms with van der Waals surface area (Å²) in [6.45, 7) is 12.3. The van der Waals surface area contributed by atoms with Crippen molar-refractivity contribution in [3.05, 3.63) is 24.0 Å². The van der Waals surface area contributed by atoms with Gasteiger partial charge in [-0.3, -0.25) is 4.68 Å². The quantitative estimate of drug-likeness (QED) is 0.743. The van der Waals surface area contributed by atoms with Crippen molar-refractivity contribution in [2.75, 3.05) is 0 Å².